The van der Waals surface area contributed by atoms with Crippen molar-refractivity contribution in [2.75, 3.05) is 0 Å². The minimum Gasteiger partial charge on any atom is -0.281 e. The second-order valence-electron chi connectivity index (χ2n) is 6.33. The summed E-state index contributed by atoms with van der Waals surface area (Å²) < 4.78 is 0. The Morgan fingerprint density at radius 3 is 2.06 bits per heavy atom. The van der Waals surface area contributed by atoms with Gasteiger partial charge in [-0.15, -0.1) is 0 Å². The van der Waals surface area contributed by atoms with Gasteiger partial charge in [-0.3, -0.25) is 10.2 Å². The third-order valence-electron chi connectivity index (χ3n) is 5.17. The van der Waals surface area contributed by atoms with Gasteiger partial charge >= 0.3 is 0 Å². The Labute approximate surface area is 100 Å². The topological polar surface area (TPSA) is 41.1 Å². The molecule has 0 aromatic heterocycles. The molecule has 4 saturated carbocycles. The third kappa shape index (κ3) is 1.29. The second kappa shape index (κ2) is 3.16. The number of hydrazine groups is 1. The first-order valence-electron chi connectivity index (χ1n) is 6.46. The molecule has 4 bridgehead atoms. The third-order valence-corrected chi connectivity index (χ3v) is 6.34. The number of carbonyl (C=O) groups is 1. The molecule has 0 aromatic rings. The zero-order valence-corrected chi connectivity index (χ0v) is 10.2. The van der Waals surface area contributed by atoms with Gasteiger partial charge in [0, 0.05) is 0 Å². The van der Waals surface area contributed by atoms with E-state index in [4.69, 9.17) is 0 Å². The molecule has 5 fully saturated rings. The average molecular weight is 238 g/mol. The molecule has 4 heteroatoms. The van der Waals surface area contributed by atoms with Crippen molar-refractivity contribution in [2.45, 2.75) is 43.9 Å². The number of rotatable bonds is 1. The first kappa shape index (κ1) is 9.77. The zero-order chi connectivity index (χ0) is 10.8. The van der Waals surface area contributed by atoms with Crippen LogP contribution in [0.4, 0.5) is 4.79 Å². The van der Waals surface area contributed by atoms with Crippen molar-refractivity contribution < 1.29 is 4.79 Å². The van der Waals surface area contributed by atoms with Crippen molar-refractivity contribution in [3.05, 3.63) is 0 Å². The second-order valence-corrected chi connectivity index (χ2v) is 7.41. The van der Waals surface area contributed by atoms with Crippen LogP contribution in [0, 0.1) is 23.2 Å². The predicted octanol–water partition coefficient (Wildman–Crippen LogP) is 2.49. The van der Waals surface area contributed by atoms with Gasteiger partial charge in [-0.05, 0) is 73.5 Å². The maximum atomic E-state index is 11.3. The zero-order valence-electron chi connectivity index (χ0n) is 9.37. The van der Waals surface area contributed by atoms with E-state index in [9.17, 15) is 4.79 Å². The molecule has 5 aliphatic rings. The van der Waals surface area contributed by atoms with E-state index in [1.165, 1.54) is 50.3 Å². The van der Waals surface area contributed by atoms with Crippen LogP contribution in [0.15, 0.2) is 0 Å². The first-order valence-corrected chi connectivity index (χ1v) is 7.34. The summed E-state index contributed by atoms with van der Waals surface area (Å²) in [6, 6.07) is 0. The van der Waals surface area contributed by atoms with Gasteiger partial charge < -0.3 is 0 Å². The number of carbonyl (C=O) groups excluding carboxylic acids is 1. The van der Waals surface area contributed by atoms with Crippen molar-refractivity contribution in [3.63, 3.8) is 0 Å². The molecular formula is C12H18N2OS. The lowest BCUT2D eigenvalue weighted by atomic mass is 9.49. The van der Waals surface area contributed by atoms with Crippen molar-refractivity contribution in [3.8, 4) is 0 Å². The van der Waals surface area contributed by atoms with Gasteiger partial charge in [0.1, 0.15) is 0 Å². The Morgan fingerprint density at radius 1 is 1.06 bits per heavy atom. The smallest absolute Gasteiger partial charge is 0.281 e. The van der Waals surface area contributed by atoms with E-state index in [0.717, 1.165) is 17.8 Å². The van der Waals surface area contributed by atoms with Crippen LogP contribution in [-0.2, 0) is 0 Å². The van der Waals surface area contributed by atoms with Crippen LogP contribution >= 0.6 is 11.8 Å². The molecule has 4 aliphatic carbocycles. The molecule has 88 valence electrons. The normalized spacial score (nSPS) is 54.4. The molecule has 0 aromatic carbocycles. The first-order chi connectivity index (χ1) is 7.73. The summed E-state index contributed by atoms with van der Waals surface area (Å²) in [5.74, 6) is 2.89. The Balaban J connectivity index is 1.64. The van der Waals surface area contributed by atoms with Gasteiger partial charge in [0.15, 0.2) is 0 Å². The Kier molecular flexibility index (Phi) is 1.93. The van der Waals surface area contributed by atoms with E-state index >= 15 is 0 Å². The Hall–Kier alpha value is -0.220. The largest absolute Gasteiger partial charge is 0.294 e. The molecule has 1 heterocycles. The van der Waals surface area contributed by atoms with Crippen LogP contribution in [0.5, 0.6) is 0 Å². The molecule has 1 atom stereocenters. The van der Waals surface area contributed by atoms with Gasteiger partial charge in [0.2, 0.25) is 0 Å². The highest BCUT2D eigenvalue weighted by Gasteiger charge is 2.55. The fourth-order valence-electron chi connectivity index (χ4n) is 5.07. The summed E-state index contributed by atoms with van der Waals surface area (Å²) in [7, 11) is 0. The molecule has 1 saturated heterocycles. The standard InChI is InChI=1S/C12H18N2OS/c15-11-14-13-10(16-11)12-4-7-1-8(5-12)3-9(2-7)6-12/h7-10,13H,1-6H2,(H,14,15). The lowest BCUT2D eigenvalue weighted by Gasteiger charge is -2.58. The lowest BCUT2D eigenvalue weighted by molar-refractivity contribution is -0.0578. The highest BCUT2D eigenvalue weighted by atomic mass is 32.2. The SMILES string of the molecule is O=C1NNC(C23CC4CC(CC(C4)C2)C3)S1. The van der Waals surface area contributed by atoms with Crippen LogP contribution in [0.2, 0.25) is 0 Å². The van der Waals surface area contributed by atoms with Gasteiger partial charge in [0.05, 0.1) is 5.37 Å². The van der Waals surface area contributed by atoms with E-state index < -0.39 is 0 Å². The monoisotopic (exact) mass is 238 g/mol. The fourth-order valence-corrected chi connectivity index (χ4v) is 6.06. The van der Waals surface area contributed by atoms with Crippen LogP contribution in [0.25, 0.3) is 0 Å². The minimum absolute atomic E-state index is 0.112. The van der Waals surface area contributed by atoms with E-state index in [0.29, 0.717) is 10.8 Å². The molecule has 3 nitrogen and oxygen atoms in total. The number of nitrogens with one attached hydrogen (secondary N) is 2. The number of amides is 1. The summed E-state index contributed by atoms with van der Waals surface area (Å²) in [4.78, 5) is 11.3. The summed E-state index contributed by atoms with van der Waals surface area (Å²) in [5, 5.41) is 0.453. The number of hydrogen-bond acceptors (Lipinski definition) is 3. The van der Waals surface area contributed by atoms with E-state index in [1.54, 1.807) is 0 Å². The summed E-state index contributed by atoms with van der Waals surface area (Å²) >= 11 is 1.49. The van der Waals surface area contributed by atoms with E-state index in [2.05, 4.69) is 10.9 Å². The Bertz CT molecular complexity index is 309. The Morgan fingerprint density at radius 2 is 1.62 bits per heavy atom. The molecule has 1 aliphatic heterocycles. The summed E-state index contributed by atoms with van der Waals surface area (Å²) in [6.45, 7) is 0. The average Bonchev–Trinajstić information content (AvgIpc) is 2.63. The predicted molar refractivity (Wildman–Crippen MR) is 63.7 cm³/mol. The fraction of sp³-hybridized carbons (Fsp3) is 0.917. The van der Waals surface area contributed by atoms with E-state index in [1.807, 2.05) is 0 Å². The van der Waals surface area contributed by atoms with Crippen LogP contribution < -0.4 is 10.9 Å². The molecule has 2 N–H and O–H groups in total. The molecule has 16 heavy (non-hydrogen) atoms. The van der Waals surface area contributed by atoms with Crippen molar-refractivity contribution >= 4 is 17.0 Å². The molecule has 0 radical (unpaired) electrons. The molecule has 0 spiro atoms. The van der Waals surface area contributed by atoms with Crippen molar-refractivity contribution in [1.29, 1.82) is 0 Å². The minimum atomic E-state index is 0.112. The summed E-state index contributed by atoms with van der Waals surface area (Å²) in [5.41, 5.74) is 6.42. The highest BCUT2D eigenvalue weighted by Crippen LogP contribution is 2.62. The van der Waals surface area contributed by atoms with Crippen LogP contribution in [0.1, 0.15) is 38.5 Å². The highest BCUT2D eigenvalue weighted by molar-refractivity contribution is 8.14. The number of hydrogen-bond donors (Lipinski definition) is 2. The van der Waals surface area contributed by atoms with Crippen molar-refractivity contribution in [2.24, 2.45) is 23.2 Å². The van der Waals surface area contributed by atoms with Gasteiger partial charge in [-0.2, -0.15) is 0 Å². The molecular weight excluding hydrogens is 220 g/mol. The maximum Gasteiger partial charge on any atom is 0.294 e. The molecule has 5 rings (SSSR count). The van der Waals surface area contributed by atoms with Crippen molar-refractivity contribution in [1.82, 2.24) is 10.9 Å². The molecule has 1 amide bonds. The van der Waals surface area contributed by atoms with Crippen LogP contribution in [0.3, 0.4) is 0 Å². The van der Waals surface area contributed by atoms with E-state index in [-0.39, 0.29) is 5.24 Å². The van der Waals surface area contributed by atoms with Gasteiger partial charge in [-0.25, -0.2) is 5.43 Å². The number of thioether (sulfide) groups is 1. The van der Waals surface area contributed by atoms with Crippen LogP contribution in [-0.4, -0.2) is 10.6 Å². The lowest BCUT2D eigenvalue weighted by Crippen LogP contribution is -2.54. The van der Waals surface area contributed by atoms with Gasteiger partial charge in [-0.1, -0.05) is 0 Å². The quantitative estimate of drug-likeness (QED) is 0.737. The van der Waals surface area contributed by atoms with Gasteiger partial charge in [0.25, 0.3) is 5.24 Å². The maximum absolute atomic E-state index is 11.3. The molecule has 1 unspecified atom stereocenters. The summed E-state index contributed by atoms with van der Waals surface area (Å²) in [6.07, 6.45) is 8.49.